The number of hydrogen-bond donors (Lipinski definition) is 0. The van der Waals surface area contributed by atoms with E-state index in [0.717, 1.165) is 16.8 Å². The van der Waals surface area contributed by atoms with Gasteiger partial charge in [-0.25, -0.2) is 4.68 Å². The fourth-order valence-electron chi connectivity index (χ4n) is 2.88. The van der Waals surface area contributed by atoms with E-state index in [1.54, 1.807) is 23.1 Å². The summed E-state index contributed by atoms with van der Waals surface area (Å²) >= 11 is 6.10. The van der Waals surface area contributed by atoms with Crippen LogP contribution >= 0.6 is 11.6 Å². The van der Waals surface area contributed by atoms with E-state index in [0.29, 0.717) is 18.1 Å². The SMILES string of the molecule is O=C(/C=C/c1ccccc1Cl)N1CC(n2cc(-c3ccccc3)nn2)C1. The number of carbonyl (C=O) groups excluding carboxylic acids is 1. The molecule has 26 heavy (non-hydrogen) atoms. The van der Waals surface area contributed by atoms with Crippen molar-refractivity contribution in [2.45, 2.75) is 6.04 Å². The summed E-state index contributed by atoms with van der Waals surface area (Å²) in [4.78, 5) is 14.0. The molecule has 0 atom stereocenters. The Hall–Kier alpha value is -2.92. The van der Waals surface area contributed by atoms with Crippen molar-refractivity contribution in [3.05, 3.63) is 77.5 Å². The zero-order valence-corrected chi connectivity index (χ0v) is 14.8. The lowest BCUT2D eigenvalue weighted by Crippen LogP contribution is -2.50. The molecule has 4 rings (SSSR count). The van der Waals surface area contributed by atoms with Crippen molar-refractivity contribution in [2.24, 2.45) is 0 Å². The molecule has 3 aromatic rings. The van der Waals surface area contributed by atoms with Crippen LogP contribution < -0.4 is 0 Å². The zero-order chi connectivity index (χ0) is 17.9. The molecule has 1 saturated heterocycles. The van der Waals surface area contributed by atoms with Gasteiger partial charge in [-0.1, -0.05) is 65.3 Å². The van der Waals surface area contributed by atoms with Crippen LogP contribution in [0.1, 0.15) is 11.6 Å². The number of halogens is 1. The molecule has 0 saturated carbocycles. The number of likely N-dealkylation sites (tertiary alicyclic amines) is 1. The van der Waals surface area contributed by atoms with E-state index in [1.165, 1.54) is 0 Å². The van der Waals surface area contributed by atoms with Gasteiger partial charge in [-0.2, -0.15) is 0 Å². The topological polar surface area (TPSA) is 51.0 Å². The molecule has 0 N–H and O–H groups in total. The lowest BCUT2D eigenvalue weighted by atomic mass is 10.1. The van der Waals surface area contributed by atoms with Crippen LogP contribution in [0.15, 0.2) is 66.9 Å². The molecule has 1 aromatic heterocycles. The molecule has 0 spiro atoms. The van der Waals surface area contributed by atoms with Crippen LogP contribution in [0.3, 0.4) is 0 Å². The number of benzene rings is 2. The zero-order valence-electron chi connectivity index (χ0n) is 14.0. The van der Waals surface area contributed by atoms with Crippen molar-refractivity contribution in [1.82, 2.24) is 19.9 Å². The molecular weight excluding hydrogens is 348 g/mol. The van der Waals surface area contributed by atoms with Crippen LogP contribution in [-0.2, 0) is 4.79 Å². The minimum atomic E-state index is -0.0235. The van der Waals surface area contributed by atoms with Crippen molar-refractivity contribution in [1.29, 1.82) is 0 Å². The Morgan fingerprint density at radius 3 is 2.58 bits per heavy atom. The average Bonchev–Trinajstić information content (AvgIpc) is 3.10. The first-order chi connectivity index (χ1) is 12.7. The Morgan fingerprint density at radius 2 is 1.81 bits per heavy atom. The second-order valence-corrected chi connectivity index (χ2v) is 6.61. The van der Waals surface area contributed by atoms with E-state index in [2.05, 4.69) is 10.3 Å². The standard InChI is InChI=1S/C20H17ClN4O/c21-18-9-5-4-6-15(18)10-11-20(26)24-12-17(13-24)25-14-19(22-23-25)16-7-2-1-3-8-16/h1-11,14,17H,12-13H2/b11-10+. The predicted octanol–water partition coefficient (Wildman–Crippen LogP) is 3.70. The largest absolute Gasteiger partial charge is 0.335 e. The van der Waals surface area contributed by atoms with Crippen LogP contribution in [-0.4, -0.2) is 38.9 Å². The molecule has 130 valence electrons. The van der Waals surface area contributed by atoms with Crippen molar-refractivity contribution in [3.8, 4) is 11.3 Å². The van der Waals surface area contributed by atoms with Crippen LogP contribution in [0.25, 0.3) is 17.3 Å². The third kappa shape index (κ3) is 3.39. The highest BCUT2D eigenvalue weighted by Crippen LogP contribution is 2.24. The molecule has 1 aliphatic rings. The van der Waals surface area contributed by atoms with E-state index >= 15 is 0 Å². The maximum absolute atomic E-state index is 12.3. The Bertz CT molecular complexity index is 945. The van der Waals surface area contributed by atoms with Gasteiger partial charge in [-0.05, 0) is 17.7 Å². The monoisotopic (exact) mass is 364 g/mol. The van der Waals surface area contributed by atoms with Gasteiger partial charge < -0.3 is 4.90 Å². The summed E-state index contributed by atoms with van der Waals surface area (Å²) in [6.07, 6.45) is 5.25. The fraction of sp³-hybridized carbons (Fsp3) is 0.150. The summed E-state index contributed by atoms with van der Waals surface area (Å²) in [5.41, 5.74) is 2.71. The fourth-order valence-corrected chi connectivity index (χ4v) is 3.07. The molecule has 1 aliphatic heterocycles. The molecule has 6 heteroatoms. The molecule has 2 heterocycles. The molecule has 1 amide bonds. The van der Waals surface area contributed by atoms with Crippen LogP contribution in [0.4, 0.5) is 0 Å². The van der Waals surface area contributed by atoms with Crippen molar-refractivity contribution < 1.29 is 4.79 Å². The number of hydrogen-bond acceptors (Lipinski definition) is 3. The normalized spacial score (nSPS) is 14.6. The molecule has 5 nitrogen and oxygen atoms in total. The Balaban J connectivity index is 1.36. The van der Waals surface area contributed by atoms with Crippen LogP contribution in [0.5, 0.6) is 0 Å². The minimum Gasteiger partial charge on any atom is -0.335 e. The summed E-state index contributed by atoms with van der Waals surface area (Å²) in [6.45, 7) is 1.26. The molecule has 0 unspecified atom stereocenters. The van der Waals surface area contributed by atoms with Crippen LogP contribution in [0, 0.1) is 0 Å². The Labute approximate surface area is 156 Å². The molecule has 1 fully saturated rings. The molecule has 0 bridgehead atoms. The van der Waals surface area contributed by atoms with Crippen molar-refractivity contribution in [2.75, 3.05) is 13.1 Å². The Kier molecular flexibility index (Phi) is 4.54. The van der Waals surface area contributed by atoms with Gasteiger partial charge in [-0.15, -0.1) is 5.10 Å². The third-order valence-electron chi connectivity index (χ3n) is 4.44. The molecular formula is C20H17ClN4O. The predicted molar refractivity (Wildman–Crippen MR) is 102 cm³/mol. The van der Waals surface area contributed by atoms with Gasteiger partial charge in [0.15, 0.2) is 0 Å². The number of carbonyl (C=O) groups is 1. The Morgan fingerprint density at radius 1 is 1.08 bits per heavy atom. The molecule has 2 aromatic carbocycles. The lowest BCUT2D eigenvalue weighted by molar-refractivity contribution is -0.131. The minimum absolute atomic E-state index is 0.0235. The van der Waals surface area contributed by atoms with Gasteiger partial charge in [0.1, 0.15) is 5.69 Å². The van der Waals surface area contributed by atoms with E-state index in [-0.39, 0.29) is 11.9 Å². The number of aromatic nitrogens is 3. The van der Waals surface area contributed by atoms with E-state index in [9.17, 15) is 4.79 Å². The second kappa shape index (κ2) is 7.14. The van der Waals surface area contributed by atoms with Gasteiger partial charge in [0.25, 0.3) is 0 Å². The molecule has 0 aliphatic carbocycles. The maximum Gasteiger partial charge on any atom is 0.246 e. The van der Waals surface area contributed by atoms with E-state index < -0.39 is 0 Å². The smallest absolute Gasteiger partial charge is 0.246 e. The maximum atomic E-state index is 12.3. The summed E-state index contributed by atoms with van der Waals surface area (Å²) in [6, 6.07) is 17.5. The number of amides is 1. The van der Waals surface area contributed by atoms with E-state index in [1.807, 2.05) is 59.4 Å². The first-order valence-electron chi connectivity index (χ1n) is 8.39. The van der Waals surface area contributed by atoms with Gasteiger partial charge in [0.05, 0.1) is 12.2 Å². The lowest BCUT2D eigenvalue weighted by Gasteiger charge is -2.38. The third-order valence-corrected chi connectivity index (χ3v) is 4.78. The number of rotatable bonds is 4. The highest BCUT2D eigenvalue weighted by molar-refractivity contribution is 6.32. The average molecular weight is 365 g/mol. The van der Waals surface area contributed by atoms with Gasteiger partial charge >= 0.3 is 0 Å². The summed E-state index contributed by atoms with van der Waals surface area (Å²) < 4.78 is 1.84. The summed E-state index contributed by atoms with van der Waals surface area (Å²) in [5.74, 6) is -0.0235. The summed E-state index contributed by atoms with van der Waals surface area (Å²) in [7, 11) is 0. The highest BCUT2D eigenvalue weighted by atomic mass is 35.5. The van der Waals surface area contributed by atoms with E-state index in [4.69, 9.17) is 11.6 Å². The van der Waals surface area contributed by atoms with Gasteiger partial charge in [0.2, 0.25) is 5.91 Å². The number of nitrogens with zero attached hydrogens (tertiary/aromatic N) is 4. The second-order valence-electron chi connectivity index (χ2n) is 6.20. The van der Waals surface area contributed by atoms with Gasteiger partial charge in [-0.3, -0.25) is 4.79 Å². The van der Waals surface area contributed by atoms with Gasteiger partial charge in [0, 0.05) is 29.8 Å². The first-order valence-corrected chi connectivity index (χ1v) is 8.77. The van der Waals surface area contributed by atoms with Crippen LogP contribution in [0.2, 0.25) is 5.02 Å². The van der Waals surface area contributed by atoms with Crippen molar-refractivity contribution in [3.63, 3.8) is 0 Å². The van der Waals surface area contributed by atoms with Crippen molar-refractivity contribution >= 4 is 23.6 Å². The quantitative estimate of drug-likeness (QED) is 0.663. The first kappa shape index (κ1) is 16.5. The highest BCUT2D eigenvalue weighted by Gasteiger charge is 2.31. The summed E-state index contributed by atoms with van der Waals surface area (Å²) in [5, 5.41) is 9.07. The molecule has 0 radical (unpaired) electrons.